The summed E-state index contributed by atoms with van der Waals surface area (Å²) in [5.41, 5.74) is 2.69. The Labute approximate surface area is 202 Å². The molecule has 2 aromatic rings. The molecule has 9 nitrogen and oxygen atoms in total. The minimum absolute atomic E-state index is 0.0657. The zero-order valence-corrected chi connectivity index (χ0v) is 19.8. The molecule has 5 heterocycles. The Hall–Kier alpha value is -3.08. The summed E-state index contributed by atoms with van der Waals surface area (Å²) in [5, 5.41) is 20.4. The second-order valence-electron chi connectivity index (χ2n) is 8.76. The van der Waals surface area contributed by atoms with Crippen LogP contribution in [-0.2, 0) is 9.53 Å². The molecule has 0 aliphatic carbocycles. The van der Waals surface area contributed by atoms with Crippen LogP contribution in [0.15, 0.2) is 52.1 Å². The van der Waals surface area contributed by atoms with E-state index in [4.69, 9.17) is 4.74 Å². The SMILES string of the molecule is CN1CCN(C(=O)C2=C3Sc4ccccc4N3c3nnc(N4CCOCC4)cc3/C2=C/O)CC1. The minimum atomic E-state index is -0.0657. The van der Waals surface area contributed by atoms with E-state index in [1.54, 1.807) is 0 Å². The Kier molecular flexibility index (Phi) is 5.43. The van der Waals surface area contributed by atoms with Crippen LogP contribution in [0.5, 0.6) is 0 Å². The second-order valence-corrected chi connectivity index (χ2v) is 9.79. The number of benzene rings is 1. The van der Waals surface area contributed by atoms with E-state index in [-0.39, 0.29) is 5.91 Å². The van der Waals surface area contributed by atoms with Crippen LogP contribution in [0.2, 0.25) is 0 Å². The lowest BCUT2D eigenvalue weighted by Crippen LogP contribution is -2.48. The molecule has 0 atom stereocenters. The average Bonchev–Trinajstić information content (AvgIpc) is 3.27. The lowest BCUT2D eigenvalue weighted by atomic mass is 9.95. The fourth-order valence-electron chi connectivity index (χ4n) is 4.80. The van der Waals surface area contributed by atoms with Crippen molar-refractivity contribution in [2.24, 2.45) is 0 Å². The lowest BCUT2D eigenvalue weighted by Gasteiger charge is -2.36. The zero-order valence-electron chi connectivity index (χ0n) is 19.0. The Morgan fingerprint density at radius 3 is 2.62 bits per heavy atom. The van der Waals surface area contributed by atoms with Gasteiger partial charge in [0.15, 0.2) is 11.6 Å². The van der Waals surface area contributed by atoms with Crippen LogP contribution in [0.4, 0.5) is 17.3 Å². The normalized spacial score (nSPS) is 21.6. The van der Waals surface area contributed by atoms with Crippen molar-refractivity contribution in [3.8, 4) is 0 Å². The number of piperazine rings is 1. The fourth-order valence-corrected chi connectivity index (χ4v) is 6.00. The van der Waals surface area contributed by atoms with Gasteiger partial charge in [-0.05, 0) is 25.2 Å². The van der Waals surface area contributed by atoms with Gasteiger partial charge in [0.1, 0.15) is 0 Å². The molecular formula is C24H26N6O3S. The van der Waals surface area contributed by atoms with Crippen LogP contribution >= 0.6 is 11.8 Å². The van der Waals surface area contributed by atoms with E-state index < -0.39 is 0 Å². The number of likely N-dealkylation sites (N-methyl/N-ethyl adjacent to an activating group) is 1. The van der Waals surface area contributed by atoms with E-state index >= 15 is 0 Å². The predicted octanol–water partition coefficient (Wildman–Crippen LogP) is 2.46. The van der Waals surface area contributed by atoms with Crippen LogP contribution < -0.4 is 9.80 Å². The summed E-state index contributed by atoms with van der Waals surface area (Å²) in [4.78, 5) is 23.2. The number of rotatable bonds is 2. The lowest BCUT2D eigenvalue weighted by molar-refractivity contribution is -0.128. The van der Waals surface area contributed by atoms with Gasteiger partial charge in [0.05, 0.1) is 35.8 Å². The van der Waals surface area contributed by atoms with Crippen LogP contribution in [0, 0.1) is 0 Å². The first-order valence-corrected chi connectivity index (χ1v) is 12.3. The maximum Gasteiger partial charge on any atom is 0.257 e. The summed E-state index contributed by atoms with van der Waals surface area (Å²) in [6.07, 6.45) is 1.06. The number of anilines is 3. The van der Waals surface area contributed by atoms with Gasteiger partial charge in [-0.25, -0.2) is 0 Å². The summed E-state index contributed by atoms with van der Waals surface area (Å²) in [6.45, 7) is 5.68. The first kappa shape index (κ1) is 21.5. The van der Waals surface area contributed by atoms with Gasteiger partial charge in [-0.15, -0.1) is 10.2 Å². The number of ether oxygens (including phenoxy) is 1. The van der Waals surface area contributed by atoms with E-state index in [9.17, 15) is 9.90 Å². The summed E-state index contributed by atoms with van der Waals surface area (Å²) < 4.78 is 5.48. The maximum atomic E-state index is 13.9. The highest BCUT2D eigenvalue weighted by Gasteiger charge is 2.42. The number of aliphatic hydroxyl groups is 1. The van der Waals surface area contributed by atoms with E-state index in [2.05, 4.69) is 27.0 Å². The number of hydrogen-bond acceptors (Lipinski definition) is 9. The van der Waals surface area contributed by atoms with Crippen molar-refractivity contribution in [1.29, 1.82) is 0 Å². The van der Waals surface area contributed by atoms with Crippen LogP contribution in [0.25, 0.3) is 5.57 Å². The zero-order chi connectivity index (χ0) is 23.2. The minimum Gasteiger partial charge on any atom is -0.515 e. The van der Waals surface area contributed by atoms with Crippen molar-refractivity contribution >= 4 is 40.6 Å². The molecule has 2 fully saturated rings. The quantitative estimate of drug-likeness (QED) is 0.654. The third kappa shape index (κ3) is 3.44. The molecule has 0 unspecified atom stereocenters. The van der Waals surface area contributed by atoms with Gasteiger partial charge in [0, 0.05) is 55.3 Å². The smallest absolute Gasteiger partial charge is 0.257 e. The fraction of sp³-hybridized carbons (Fsp3) is 0.375. The van der Waals surface area contributed by atoms with Gasteiger partial charge in [-0.2, -0.15) is 0 Å². The van der Waals surface area contributed by atoms with Crippen molar-refractivity contribution in [2.45, 2.75) is 4.90 Å². The van der Waals surface area contributed by atoms with Gasteiger partial charge in [0.2, 0.25) is 0 Å². The average molecular weight is 479 g/mol. The summed E-state index contributed by atoms with van der Waals surface area (Å²) in [7, 11) is 2.07. The second kappa shape index (κ2) is 8.61. The van der Waals surface area contributed by atoms with E-state index in [1.807, 2.05) is 40.1 Å². The van der Waals surface area contributed by atoms with Crippen molar-refractivity contribution in [2.75, 3.05) is 69.3 Å². The molecule has 1 aromatic heterocycles. The van der Waals surface area contributed by atoms with E-state index in [1.165, 1.54) is 11.8 Å². The third-order valence-corrected chi connectivity index (χ3v) is 7.88. The number of aliphatic hydroxyl groups excluding tert-OH is 1. The number of carbonyl (C=O) groups is 1. The standard InChI is InChI=1S/C24H26N6O3S/c1-27-6-8-29(9-7-27)23(32)21-17(15-31)16-14-20(28-10-12-33-13-11-28)25-26-22(16)30-18-4-2-3-5-19(18)34-24(21)30/h2-5,14-15,31H,6-13H2,1H3/b17-15-. The van der Waals surface area contributed by atoms with E-state index in [0.717, 1.165) is 53.9 Å². The molecular weight excluding hydrogens is 452 g/mol. The Morgan fingerprint density at radius 2 is 1.85 bits per heavy atom. The molecule has 34 heavy (non-hydrogen) atoms. The molecule has 1 amide bonds. The molecule has 1 aromatic carbocycles. The van der Waals surface area contributed by atoms with Crippen molar-refractivity contribution in [1.82, 2.24) is 20.0 Å². The first-order chi connectivity index (χ1) is 16.7. The molecule has 6 rings (SSSR count). The number of thioether (sulfide) groups is 1. The number of carbonyl (C=O) groups excluding carboxylic acids is 1. The van der Waals surface area contributed by atoms with Gasteiger partial charge in [-0.3, -0.25) is 9.69 Å². The number of morpholine rings is 1. The number of aromatic nitrogens is 2. The van der Waals surface area contributed by atoms with Gasteiger partial charge in [-0.1, -0.05) is 23.9 Å². The Bertz CT molecular complexity index is 1200. The van der Waals surface area contributed by atoms with Crippen LogP contribution in [0.3, 0.4) is 0 Å². The van der Waals surface area contributed by atoms with Crippen LogP contribution in [0.1, 0.15) is 5.56 Å². The molecule has 0 radical (unpaired) electrons. The highest BCUT2D eigenvalue weighted by atomic mass is 32.2. The number of fused-ring (bicyclic) bond motifs is 5. The molecule has 0 saturated carbocycles. The summed E-state index contributed by atoms with van der Waals surface area (Å²) in [5.74, 6) is 1.28. The van der Waals surface area contributed by atoms with Gasteiger partial charge in [0.25, 0.3) is 5.91 Å². The number of hydrogen-bond donors (Lipinski definition) is 1. The van der Waals surface area contributed by atoms with Crippen molar-refractivity contribution < 1.29 is 14.6 Å². The van der Waals surface area contributed by atoms with Crippen molar-refractivity contribution in [3.63, 3.8) is 0 Å². The van der Waals surface area contributed by atoms with Gasteiger partial charge >= 0.3 is 0 Å². The molecule has 0 bridgehead atoms. The van der Waals surface area contributed by atoms with E-state index in [0.29, 0.717) is 48.8 Å². The summed E-state index contributed by atoms with van der Waals surface area (Å²) in [6, 6.07) is 9.99. The number of para-hydroxylation sites is 1. The predicted molar refractivity (Wildman–Crippen MR) is 131 cm³/mol. The molecule has 0 spiro atoms. The molecule has 176 valence electrons. The molecule has 4 aliphatic rings. The Balaban J connectivity index is 1.49. The van der Waals surface area contributed by atoms with Crippen molar-refractivity contribution in [3.05, 3.63) is 52.8 Å². The number of nitrogens with zero attached hydrogens (tertiary/aromatic N) is 6. The third-order valence-electron chi connectivity index (χ3n) is 6.73. The highest BCUT2D eigenvalue weighted by molar-refractivity contribution is 8.03. The maximum absolute atomic E-state index is 13.9. The first-order valence-electron chi connectivity index (χ1n) is 11.5. The number of amides is 1. The van der Waals surface area contributed by atoms with Crippen LogP contribution in [-0.4, -0.2) is 90.5 Å². The van der Waals surface area contributed by atoms with Gasteiger partial charge < -0.3 is 24.5 Å². The topological polar surface area (TPSA) is 85.3 Å². The largest absolute Gasteiger partial charge is 0.515 e. The monoisotopic (exact) mass is 478 g/mol. The Morgan fingerprint density at radius 1 is 1.09 bits per heavy atom. The molecule has 1 N–H and O–H groups in total. The highest BCUT2D eigenvalue weighted by Crippen LogP contribution is 2.56. The summed E-state index contributed by atoms with van der Waals surface area (Å²) >= 11 is 1.54. The molecule has 4 aliphatic heterocycles. The molecule has 10 heteroatoms. The molecule has 2 saturated heterocycles.